The first kappa shape index (κ1) is 97.8. The molecular formula is C74H141N9O20. The first-order valence-corrected chi connectivity index (χ1v) is 37.9. The van der Waals surface area contributed by atoms with Gasteiger partial charge in [0, 0.05) is 173 Å². The van der Waals surface area contributed by atoms with Gasteiger partial charge in [0.05, 0.1) is 58.3 Å². The van der Waals surface area contributed by atoms with Crippen molar-refractivity contribution < 1.29 is 95.3 Å². The van der Waals surface area contributed by atoms with Crippen LogP contribution >= 0.6 is 0 Å². The summed E-state index contributed by atoms with van der Waals surface area (Å²) in [5.41, 5.74) is 0. The molecule has 8 fully saturated rings. The van der Waals surface area contributed by atoms with Crippen molar-refractivity contribution in [1.82, 2.24) is 47.4 Å². The van der Waals surface area contributed by atoms with E-state index in [1.54, 1.807) is 68.8 Å². The van der Waals surface area contributed by atoms with Gasteiger partial charge >= 0.3 is 0 Å². The summed E-state index contributed by atoms with van der Waals surface area (Å²) in [6.07, 6.45) is 35.3. The van der Waals surface area contributed by atoms with Crippen LogP contribution in [0.3, 0.4) is 0 Å². The SMILES string of the molecule is COCC(=O)NC1CCCC1.COCC(=O)NC1CCCCC1.COCC(=O)NCC1CCCO1.COCCC(=O)N(C)C.COCCC(=O)NC1CC1.COCCC(=O)NC1CCC1.COCCC(=O)NC1CCCC1.COCCC(=O)NC1CCCCC1.COCCC(=O)NCC1CCCO1. The summed E-state index contributed by atoms with van der Waals surface area (Å²) in [6, 6.07) is 2.62. The van der Waals surface area contributed by atoms with Crippen molar-refractivity contribution in [3.8, 4) is 0 Å². The van der Waals surface area contributed by atoms with Crippen LogP contribution in [-0.4, -0.2) is 270 Å². The van der Waals surface area contributed by atoms with E-state index in [1.165, 1.54) is 84.8 Å². The lowest BCUT2D eigenvalue weighted by Gasteiger charge is -2.26. The molecule has 29 nitrogen and oxygen atoms in total. The van der Waals surface area contributed by atoms with Gasteiger partial charge in [-0.15, -0.1) is 0 Å². The predicted octanol–water partition coefficient (Wildman–Crippen LogP) is 5.68. The predicted molar refractivity (Wildman–Crippen MR) is 395 cm³/mol. The highest BCUT2D eigenvalue weighted by Crippen LogP contribution is 2.22. The van der Waals surface area contributed by atoms with Crippen LogP contribution in [0.4, 0.5) is 0 Å². The molecule has 8 N–H and O–H groups in total. The van der Waals surface area contributed by atoms with Crippen molar-refractivity contribution >= 4 is 53.2 Å². The molecule has 0 spiro atoms. The highest BCUT2D eigenvalue weighted by atomic mass is 16.5. The summed E-state index contributed by atoms with van der Waals surface area (Å²) in [4.78, 5) is 101. The number of ether oxygens (including phenoxy) is 11. The summed E-state index contributed by atoms with van der Waals surface area (Å²) >= 11 is 0. The Morgan fingerprint density at radius 1 is 0.282 bits per heavy atom. The summed E-state index contributed by atoms with van der Waals surface area (Å²) < 4.78 is 53.5. The lowest BCUT2D eigenvalue weighted by molar-refractivity contribution is -0.130. The van der Waals surface area contributed by atoms with Crippen LogP contribution in [0.1, 0.15) is 212 Å². The first-order chi connectivity index (χ1) is 49.8. The number of rotatable bonds is 34. The smallest absolute Gasteiger partial charge is 0.246 e. The molecule has 2 unspecified atom stereocenters. The number of nitrogens with zero attached hydrogens (tertiary/aromatic N) is 1. The lowest BCUT2D eigenvalue weighted by atomic mass is 9.93. The second-order valence-corrected chi connectivity index (χ2v) is 26.9. The molecule has 103 heavy (non-hydrogen) atoms. The topological polar surface area (TPSA) is 355 Å². The highest BCUT2D eigenvalue weighted by Gasteiger charge is 2.24. The minimum Gasteiger partial charge on any atom is -0.384 e. The van der Waals surface area contributed by atoms with E-state index in [0.29, 0.717) is 128 Å². The molecule has 29 heteroatoms. The molecule has 9 amide bonds. The average molecular weight is 1480 g/mol. The zero-order chi connectivity index (χ0) is 76.4. The first-order valence-electron chi connectivity index (χ1n) is 37.9. The van der Waals surface area contributed by atoms with Gasteiger partial charge in [0.1, 0.15) is 19.8 Å². The molecule has 2 saturated heterocycles. The fourth-order valence-corrected chi connectivity index (χ4v) is 11.1. The monoisotopic (exact) mass is 1480 g/mol. The van der Waals surface area contributed by atoms with E-state index in [4.69, 9.17) is 47.4 Å². The van der Waals surface area contributed by atoms with Crippen LogP contribution in [0, 0.1) is 0 Å². The Morgan fingerprint density at radius 3 is 0.786 bits per heavy atom. The third kappa shape index (κ3) is 61.6. The van der Waals surface area contributed by atoms with Crippen molar-refractivity contribution in [3.05, 3.63) is 0 Å². The lowest BCUT2D eigenvalue weighted by Crippen LogP contribution is -2.39. The van der Waals surface area contributed by atoms with Crippen molar-refractivity contribution in [2.24, 2.45) is 0 Å². The maximum absolute atomic E-state index is 11.3. The quantitative estimate of drug-likeness (QED) is 0.0384. The van der Waals surface area contributed by atoms with Crippen LogP contribution in [0.15, 0.2) is 0 Å². The Labute approximate surface area is 617 Å². The van der Waals surface area contributed by atoms with E-state index < -0.39 is 0 Å². The molecule has 6 saturated carbocycles. The largest absolute Gasteiger partial charge is 0.384 e. The van der Waals surface area contributed by atoms with Crippen LogP contribution in [0.5, 0.6) is 0 Å². The van der Waals surface area contributed by atoms with Crippen LogP contribution in [-0.2, 0) is 95.3 Å². The van der Waals surface area contributed by atoms with Crippen LogP contribution in [0.2, 0.25) is 0 Å². The third-order valence-electron chi connectivity index (χ3n) is 17.4. The Balaban J connectivity index is 0.00000114. The molecule has 2 atom stereocenters. The normalized spacial score (nSPS) is 18.4. The van der Waals surface area contributed by atoms with E-state index in [0.717, 1.165) is 116 Å². The Morgan fingerprint density at radius 2 is 0.534 bits per heavy atom. The molecule has 2 heterocycles. The maximum Gasteiger partial charge on any atom is 0.246 e. The number of hydrogen-bond acceptors (Lipinski definition) is 20. The van der Waals surface area contributed by atoms with Gasteiger partial charge in [-0.3, -0.25) is 43.2 Å². The molecule has 8 rings (SSSR count). The Bertz CT molecular complexity index is 2130. The van der Waals surface area contributed by atoms with Crippen molar-refractivity contribution in [3.63, 3.8) is 0 Å². The fourth-order valence-electron chi connectivity index (χ4n) is 11.1. The molecule has 0 aromatic carbocycles. The van der Waals surface area contributed by atoms with Gasteiger partial charge in [0.25, 0.3) is 0 Å². The van der Waals surface area contributed by atoms with Gasteiger partial charge in [-0.05, 0) is 109 Å². The zero-order valence-corrected chi connectivity index (χ0v) is 65.3. The Kier molecular flexibility index (Phi) is 65.1. The minimum absolute atomic E-state index is 0.0133. The number of nitrogens with one attached hydrogen (secondary N) is 8. The van der Waals surface area contributed by atoms with Crippen molar-refractivity contribution in [2.75, 3.05) is 164 Å². The van der Waals surface area contributed by atoms with Gasteiger partial charge in [-0.1, -0.05) is 64.2 Å². The maximum atomic E-state index is 11.3. The van der Waals surface area contributed by atoms with Gasteiger partial charge in [-0.2, -0.15) is 0 Å². The second-order valence-electron chi connectivity index (χ2n) is 26.9. The number of carbonyl (C=O) groups is 9. The number of amides is 9. The fraction of sp³-hybridized carbons (Fsp3) is 0.878. The molecule has 2 aliphatic heterocycles. The van der Waals surface area contributed by atoms with E-state index in [1.807, 2.05) is 0 Å². The van der Waals surface area contributed by atoms with Gasteiger partial charge in [-0.25, -0.2) is 0 Å². The highest BCUT2D eigenvalue weighted by molar-refractivity contribution is 5.79. The van der Waals surface area contributed by atoms with Gasteiger partial charge < -0.3 is 99.5 Å². The molecule has 6 aliphatic carbocycles. The van der Waals surface area contributed by atoms with Gasteiger partial charge in [0.15, 0.2) is 0 Å². The standard InChI is InChI=1S/C10H19NO2.C9H17NO3.2C9H17NO2.C8H15NO3.2C8H15NO2.C7H13NO2.C6H13NO2/c1-13-8-7-10(12)11-9-5-3-2-4-6-9;1-12-6-4-9(11)10-7-8-3-2-5-13-8;1-12-7-6-9(11)10-8-4-2-3-5-8;1-12-7-9(11)10-8-5-3-2-4-6-8;1-11-6-8(10)9-5-7-3-2-4-12-7;1-11-6-5-8(10)9-7-3-2-4-7;1-11-6-8(10)9-7-4-2-3-5-7;1-10-5-4-7(9)8-6-2-3-6;1-7(2)6(8)4-5-9-3/h9H,2-8H2,1H3,(H,11,12);8H,2-7H2,1H3,(H,10,11);2*8H,2-7H2,1H3,(H,10,11);7H,2-6H2,1H3,(H,9,10);2*7H,2-6H2,1H3,(H,9,10);6H,2-5H2,1H3,(H,8,9);4-5H2,1-3H3. The van der Waals surface area contributed by atoms with Crippen molar-refractivity contribution in [1.29, 1.82) is 0 Å². The summed E-state index contributed by atoms with van der Waals surface area (Å²) in [5, 5.41) is 23.3. The second kappa shape index (κ2) is 68.6. The summed E-state index contributed by atoms with van der Waals surface area (Å²) in [5.74, 6) is 0.601. The molecule has 602 valence electrons. The van der Waals surface area contributed by atoms with Crippen LogP contribution < -0.4 is 42.5 Å². The summed E-state index contributed by atoms with van der Waals surface area (Å²) in [7, 11) is 17.7. The molecule has 0 radical (unpaired) electrons. The van der Waals surface area contributed by atoms with E-state index in [2.05, 4.69) is 47.3 Å². The minimum atomic E-state index is -0.0759. The molecule has 8 aliphatic rings. The average Bonchev–Trinajstić information content (AvgIpc) is 1.94. The van der Waals surface area contributed by atoms with E-state index in [9.17, 15) is 43.2 Å². The molecular weight excluding hydrogens is 1330 g/mol. The summed E-state index contributed by atoms with van der Waals surface area (Å²) in [6.45, 7) is 6.52. The van der Waals surface area contributed by atoms with Crippen molar-refractivity contribution in [2.45, 2.75) is 260 Å². The number of methoxy groups -OCH3 is 9. The number of carbonyl (C=O) groups excluding carboxylic acids is 9. The zero-order valence-electron chi connectivity index (χ0n) is 65.3. The molecule has 0 aromatic rings. The number of hydrogen-bond donors (Lipinski definition) is 8. The Hall–Kier alpha value is -5.21. The van der Waals surface area contributed by atoms with E-state index in [-0.39, 0.29) is 85.2 Å². The van der Waals surface area contributed by atoms with Crippen LogP contribution in [0.25, 0.3) is 0 Å². The van der Waals surface area contributed by atoms with Gasteiger partial charge in [0.2, 0.25) is 53.2 Å². The molecule has 0 aromatic heterocycles. The molecule has 0 bridgehead atoms. The third-order valence-corrected chi connectivity index (χ3v) is 17.4. The van der Waals surface area contributed by atoms with E-state index >= 15 is 0 Å².